The molecule has 19 heavy (non-hydrogen) atoms. The number of hydrogen-bond donors (Lipinski definition) is 1. The second-order valence-electron chi connectivity index (χ2n) is 3.58. The van der Waals surface area contributed by atoms with Gasteiger partial charge in [-0.2, -0.15) is 0 Å². The van der Waals surface area contributed by atoms with Crippen molar-refractivity contribution in [1.82, 2.24) is 5.06 Å². The van der Waals surface area contributed by atoms with E-state index in [0.29, 0.717) is 21.0 Å². The Morgan fingerprint density at radius 3 is 2.37 bits per heavy atom. The summed E-state index contributed by atoms with van der Waals surface area (Å²) in [5.74, 6) is -1.54. The number of rotatable bonds is 7. The lowest BCUT2D eigenvalue weighted by Crippen LogP contribution is -2.44. The number of benzene rings is 1. The van der Waals surface area contributed by atoms with Crippen molar-refractivity contribution in [2.24, 2.45) is 0 Å². The third kappa shape index (κ3) is 5.22. The molecule has 0 saturated heterocycles. The highest BCUT2D eigenvalue weighted by atomic mass is 127. The molecule has 0 saturated carbocycles. The van der Waals surface area contributed by atoms with Gasteiger partial charge in [-0.05, 0) is 12.1 Å². The maximum absolute atomic E-state index is 11.9. The van der Waals surface area contributed by atoms with Crippen LogP contribution in [-0.4, -0.2) is 43.6 Å². The minimum Gasteiger partial charge on any atom is -0.480 e. The first-order valence-electron chi connectivity index (χ1n) is 5.49. The van der Waals surface area contributed by atoms with Gasteiger partial charge in [0.05, 0.1) is 5.56 Å². The fourth-order valence-corrected chi connectivity index (χ4v) is 2.64. The smallest absolute Gasteiger partial charge is 0.357 e. The summed E-state index contributed by atoms with van der Waals surface area (Å²) in [5.41, 5.74) is 0.401. The number of alkyl halides is 2. The third-order valence-corrected chi connectivity index (χ3v) is 3.61. The zero-order valence-corrected chi connectivity index (χ0v) is 14.3. The number of hydrogen-bond acceptors (Lipinski definition) is 4. The second-order valence-corrected chi connectivity index (χ2v) is 5.54. The van der Waals surface area contributed by atoms with Crippen molar-refractivity contribution < 1.29 is 19.5 Å². The molecule has 104 valence electrons. The number of nitrogens with zero attached hydrogens (tertiary/aromatic N) is 1. The number of carbonyl (C=O) groups is 2. The summed E-state index contributed by atoms with van der Waals surface area (Å²) in [6, 6.07) is 7.68. The lowest BCUT2D eigenvalue weighted by atomic mass is 10.2. The van der Waals surface area contributed by atoms with E-state index in [1.54, 1.807) is 30.3 Å². The van der Waals surface area contributed by atoms with Crippen LogP contribution in [0.5, 0.6) is 0 Å². The number of aliphatic carboxylic acids is 1. The van der Waals surface area contributed by atoms with Crippen LogP contribution in [0.15, 0.2) is 30.3 Å². The van der Waals surface area contributed by atoms with Gasteiger partial charge >= 0.3 is 11.9 Å². The van der Waals surface area contributed by atoms with E-state index in [4.69, 9.17) is 9.94 Å². The first kappa shape index (κ1) is 16.6. The van der Waals surface area contributed by atoms with E-state index >= 15 is 0 Å². The Balaban J connectivity index is 2.78. The van der Waals surface area contributed by atoms with Crippen LogP contribution in [0.25, 0.3) is 0 Å². The van der Waals surface area contributed by atoms with Gasteiger partial charge in [0.1, 0.15) is 0 Å². The van der Waals surface area contributed by atoms with Gasteiger partial charge < -0.3 is 9.94 Å². The van der Waals surface area contributed by atoms with E-state index in [0.717, 1.165) is 0 Å². The Hall–Kier alpha value is -0.420. The van der Waals surface area contributed by atoms with Crippen molar-refractivity contribution in [2.75, 3.05) is 15.4 Å². The first-order valence-corrected chi connectivity index (χ1v) is 8.54. The molecule has 0 unspecified atom stereocenters. The molecule has 0 aliphatic rings. The van der Waals surface area contributed by atoms with Crippen LogP contribution in [0, 0.1) is 0 Å². The third-order valence-electron chi connectivity index (χ3n) is 2.29. The zero-order chi connectivity index (χ0) is 14.3. The summed E-state index contributed by atoms with van der Waals surface area (Å²) in [6.07, 6.45) is 0. The topological polar surface area (TPSA) is 66.8 Å². The predicted molar refractivity (Wildman–Crippen MR) is 87.8 cm³/mol. The highest BCUT2D eigenvalue weighted by Crippen LogP contribution is 2.10. The van der Waals surface area contributed by atoms with Gasteiger partial charge in [0, 0.05) is 15.4 Å². The molecule has 0 amide bonds. The summed E-state index contributed by atoms with van der Waals surface area (Å²) in [5, 5.41) is 10.3. The van der Waals surface area contributed by atoms with Gasteiger partial charge in [0.15, 0.2) is 6.04 Å². The van der Waals surface area contributed by atoms with Gasteiger partial charge in [-0.15, -0.1) is 5.06 Å². The molecule has 0 aromatic heterocycles. The average Bonchev–Trinajstić information content (AvgIpc) is 2.40. The van der Waals surface area contributed by atoms with E-state index in [9.17, 15) is 9.59 Å². The van der Waals surface area contributed by atoms with Crippen molar-refractivity contribution >= 4 is 57.1 Å². The second kappa shape index (κ2) is 8.69. The molecule has 0 spiro atoms. The molecule has 1 rings (SSSR count). The normalized spacial score (nSPS) is 12.2. The van der Waals surface area contributed by atoms with Crippen LogP contribution in [0.4, 0.5) is 0 Å². The van der Waals surface area contributed by atoms with Crippen molar-refractivity contribution in [2.45, 2.75) is 6.04 Å². The molecule has 0 aliphatic heterocycles. The molecule has 0 bridgehead atoms. The molecule has 7 heteroatoms. The Morgan fingerprint density at radius 1 is 1.26 bits per heavy atom. The monoisotopic (exact) mass is 489 g/mol. The zero-order valence-electron chi connectivity index (χ0n) is 9.96. The lowest BCUT2D eigenvalue weighted by Gasteiger charge is -2.25. The van der Waals surface area contributed by atoms with Crippen molar-refractivity contribution in [3.63, 3.8) is 0 Å². The number of carbonyl (C=O) groups excluding carboxylic acids is 1. The van der Waals surface area contributed by atoms with Gasteiger partial charge in [0.25, 0.3) is 0 Å². The quantitative estimate of drug-likeness (QED) is 0.362. The van der Waals surface area contributed by atoms with Gasteiger partial charge in [-0.3, -0.25) is 4.79 Å². The van der Waals surface area contributed by atoms with E-state index in [1.165, 1.54) is 5.06 Å². The number of carboxylic acid groups (broad SMARTS) is 1. The van der Waals surface area contributed by atoms with Crippen LogP contribution in [0.3, 0.4) is 0 Å². The highest BCUT2D eigenvalue weighted by Gasteiger charge is 2.27. The van der Waals surface area contributed by atoms with E-state index < -0.39 is 18.0 Å². The Labute approximate surface area is 138 Å². The van der Waals surface area contributed by atoms with Crippen LogP contribution >= 0.6 is 45.2 Å². The molecule has 5 nitrogen and oxygen atoms in total. The van der Waals surface area contributed by atoms with Crippen LogP contribution < -0.4 is 0 Å². The summed E-state index contributed by atoms with van der Waals surface area (Å²) in [7, 11) is 0. The van der Waals surface area contributed by atoms with Crippen molar-refractivity contribution in [1.29, 1.82) is 0 Å². The SMILES string of the molecule is O=C(ON(CCI)[C@@H](CI)C(=O)O)c1ccccc1. The van der Waals surface area contributed by atoms with Gasteiger partial charge in [0.2, 0.25) is 0 Å². The summed E-state index contributed by atoms with van der Waals surface area (Å²) < 4.78 is 1.01. The molecular weight excluding hydrogens is 476 g/mol. The van der Waals surface area contributed by atoms with E-state index in [-0.39, 0.29) is 0 Å². The van der Waals surface area contributed by atoms with E-state index in [2.05, 4.69) is 22.6 Å². The fourth-order valence-electron chi connectivity index (χ4n) is 1.35. The lowest BCUT2D eigenvalue weighted by molar-refractivity contribution is -0.166. The molecular formula is C12H13I2NO4. The van der Waals surface area contributed by atoms with Crippen molar-refractivity contribution in [3.8, 4) is 0 Å². The Bertz CT molecular complexity index is 427. The molecule has 0 radical (unpaired) electrons. The number of halogens is 2. The molecule has 0 fully saturated rings. The molecule has 1 aromatic rings. The Kier molecular flexibility index (Phi) is 7.61. The molecule has 0 heterocycles. The Morgan fingerprint density at radius 2 is 1.89 bits per heavy atom. The van der Waals surface area contributed by atoms with Crippen molar-refractivity contribution in [3.05, 3.63) is 35.9 Å². The molecule has 0 aliphatic carbocycles. The van der Waals surface area contributed by atoms with Crippen LogP contribution in [0.1, 0.15) is 10.4 Å². The summed E-state index contributed by atoms with van der Waals surface area (Å²) >= 11 is 4.07. The van der Waals surface area contributed by atoms with Crippen LogP contribution in [-0.2, 0) is 9.63 Å². The maximum atomic E-state index is 11.9. The fraction of sp³-hybridized carbons (Fsp3) is 0.333. The minimum atomic E-state index is -1.000. The minimum absolute atomic E-state index is 0.339. The standard InChI is InChI=1S/C12H13I2NO4/c13-6-7-15(10(8-14)11(16)17)19-12(18)9-4-2-1-3-5-9/h1-5,10H,6-8H2,(H,16,17)/t10-/m0/s1. The first-order chi connectivity index (χ1) is 9.10. The van der Waals surface area contributed by atoms with Gasteiger partial charge in [-0.1, -0.05) is 63.4 Å². The van der Waals surface area contributed by atoms with Crippen LogP contribution in [0.2, 0.25) is 0 Å². The average molecular weight is 489 g/mol. The summed E-state index contributed by atoms with van der Waals surface area (Å²) in [6.45, 7) is 0.374. The van der Waals surface area contributed by atoms with E-state index in [1.807, 2.05) is 22.6 Å². The number of hydroxylamine groups is 2. The maximum Gasteiger partial charge on any atom is 0.357 e. The predicted octanol–water partition coefficient (Wildman–Crippen LogP) is 2.38. The number of carboxylic acids is 1. The summed E-state index contributed by atoms with van der Waals surface area (Å²) in [4.78, 5) is 28.2. The largest absolute Gasteiger partial charge is 0.480 e. The molecule has 1 atom stereocenters. The highest BCUT2D eigenvalue weighted by molar-refractivity contribution is 14.1. The molecule has 1 aromatic carbocycles. The molecule has 1 N–H and O–H groups in total. The van der Waals surface area contributed by atoms with Gasteiger partial charge in [-0.25, -0.2) is 4.79 Å².